The van der Waals surface area contributed by atoms with Crippen LogP contribution in [0.2, 0.25) is 0 Å². The number of ether oxygens (including phenoxy) is 1. The first-order valence-electron chi connectivity index (χ1n) is 9.39. The van der Waals surface area contributed by atoms with E-state index in [0.717, 1.165) is 25.2 Å². The van der Waals surface area contributed by atoms with Gasteiger partial charge in [0, 0.05) is 6.08 Å². The summed E-state index contributed by atoms with van der Waals surface area (Å²) in [6.07, 6.45) is 11.4. The standard InChI is InChI=1S/C20H34O2/c1-5-16-7-9-17(10-8-16)13-20(21)22-19-12-15(4)6-11-18(19)14(2)3/h13-16,18-19H,5-12H2,1-4H3/t15-,16?,18+,19-/m1/s1. The molecule has 0 aromatic heterocycles. The summed E-state index contributed by atoms with van der Waals surface area (Å²) in [5.41, 5.74) is 1.31. The molecule has 126 valence electrons. The van der Waals surface area contributed by atoms with Gasteiger partial charge in [-0.1, -0.05) is 46.1 Å². The zero-order chi connectivity index (χ0) is 16.1. The minimum atomic E-state index is -0.0882. The molecule has 0 N–H and O–H groups in total. The van der Waals surface area contributed by atoms with E-state index in [-0.39, 0.29) is 12.1 Å². The van der Waals surface area contributed by atoms with Crippen LogP contribution in [0.15, 0.2) is 11.6 Å². The molecule has 2 rings (SSSR count). The van der Waals surface area contributed by atoms with Crippen LogP contribution in [0.25, 0.3) is 0 Å². The molecule has 0 aromatic carbocycles. The number of hydrogen-bond donors (Lipinski definition) is 0. The highest BCUT2D eigenvalue weighted by molar-refractivity contribution is 5.83. The predicted molar refractivity (Wildman–Crippen MR) is 91.6 cm³/mol. The lowest BCUT2D eigenvalue weighted by Gasteiger charge is -2.36. The third-order valence-corrected chi connectivity index (χ3v) is 5.88. The Balaban J connectivity index is 1.89. The lowest BCUT2D eigenvalue weighted by molar-refractivity contribution is -0.149. The fraction of sp³-hybridized carbons (Fsp3) is 0.850. The second kappa shape index (κ2) is 8.17. The van der Waals surface area contributed by atoms with Gasteiger partial charge in [-0.25, -0.2) is 4.79 Å². The van der Waals surface area contributed by atoms with Crippen LogP contribution in [0, 0.1) is 23.7 Å². The largest absolute Gasteiger partial charge is 0.459 e. The van der Waals surface area contributed by atoms with Gasteiger partial charge in [0.2, 0.25) is 0 Å². The van der Waals surface area contributed by atoms with E-state index in [0.29, 0.717) is 17.8 Å². The van der Waals surface area contributed by atoms with Crippen molar-refractivity contribution in [2.24, 2.45) is 23.7 Å². The van der Waals surface area contributed by atoms with Gasteiger partial charge in [0.05, 0.1) is 0 Å². The zero-order valence-electron chi connectivity index (χ0n) is 14.9. The van der Waals surface area contributed by atoms with E-state index in [1.54, 1.807) is 0 Å². The van der Waals surface area contributed by atoms with Crippen molar-refractivity contribution >= 4 is 5.97 Å². The summed E-state index contributed by atoms with van der Waals surface area (Å²) in [6, 6.07) is 0. The highest BCUT2D eigenvalue weighted by atomic mass is 16.5. The van der Waals surface area contributed by atoms with Crippen molar-refractivity contribution in [3.8, 4) is 0 Å². The Labute approximate surface area is 136 Å². The zero-order valence-corrected chi connectivity index (χ0v) is 14.9. The Morgan fingerprint density at radius 1 is 1.23 bits per heavy atom. The Kier molecular flexibility index (Phi) is 6.52. The molecule has 2 aliphatic carbocycles. The van der Waals surface area contributed by atoms with E-state index in [2.05, 4.69) is 27.7 Å². The third kappa shape index (κ3) is 4.86. The number of carbonyl (C=O) groups is 1. The summed E-state index contributed by atoms with van der Waals surface area (Å²) in [4.78, 5) is 12.3. The molecule has 0 amide bonds. The molecule has 0 spiro atoms. The molecule has 0 saturated heterocycles. The molecular weight excluding hydrogens is 272 g/mol. The number of hydrogen-bond acceptors (Lipinski definition) is 2. The van der Waals surface area contributed by atoms with Gasteiger partial charge in [-0.3, -0.25) is 0 Å². The Morgan fingerprint density at radius 3 is 2.50 bits per heavy atom. The molecule has 0 aliphatic heterocycles. The normalized spacial score (nSPS) is 32.9. The average molecular weight is 306 g/mol. The van der Waals surface area contributed by atoms with Gasteiger partial charge < -0.3 is 4.74 Å². The van der Waals surface area contributed by atoms with Gasteiger partial charge in [0.1, 0.15) is 6.10 Å². The summed E-state index contributed by atoms with van der Waals surface area (Å²) in [7, 11) is 0. The molecule has 0 bridgehead atoms. The molecular formula is C20H34O2. The van der Waals surface area contributed by atoms with E-state index in [1.165, 1.54) is 37.7 Å². The highest BCUT2D eigenvalue weighted by Gasteiger charge is 2.33. The molecule has 2 saturated carbocycles. The van der Waals surface area contributed by atoms with E-state index in [4.69, 9.17) is 4.74 Å². The average Bonchev–Trinajstić information content (AvgIpc) is 2.47. The second-order valence-corrected chi connectivity index (χ2v) is 7.96. The summed E-state index contributed by atoms with van der Waals surface area (Å²) >= 11 is 0. The van der Waals surface area contributed by atoms with Crippen LogP contribution < -0.4 is 0 Å². The quantitative estimate of drug-likeness (QED) is 0.505. The first-order chi connectivity index (χ1) is 10.5. The third-order valence-electron chi connectivity index (χ3n) is 5.88. The molecule has 22 heavy (non-hydrogen) atoms. The molecule has 2 nitrogen and oxygen atoms in total. The molecule has 2 fully saturated rings. The number of allylic oxidation sites excluding steroid dienone is 1. The van der Waals surface area contributed by atoms with Gasteiger partial charge in [-0.15, -0.1) is 0 Å². The maximum absolute atomic E-state index is 12.3. The summed E-state index contributed by atoms with van der Waals surface area (Å²) < 4.78 is 5.88. The van der Waals surface area contributed by atoms with Crippen molar-refractivity contribution in [2.45, 2.75) is 85.2 Å². The smallest absolute Gasteiger partial charge is 0.330 e. The van der Waals surface area contributed by atoms with Crippen LogP contribution >= 0.6 is 0 Å². The topological polar surface area (TPSA) is 26.3 Å². The van der Waals surface area contributed by atoms with Crippen LogP contribution in [0.5, 0.6) is 0 Å². The van der Waals surface area contributed by atoms with Gasteiger partial charge in [0.15, 0.2) is 0 Å². The fourth-order valence-corrected chi connectivity index (χ4v) is 4.20. The van der Waals surface area contributed by atoms with Crippen molar-refractivity contribution in [1.82, 2.24) is 0 Å². The predicted octanol–water partition coefficient (Wildman–Crippen LogP) is 5.52. The van der Waals surface area contributed by atoms with Crippen LogP contribution in [0.4, 0.5) is 0 Å². The fourth-order valence-electron chi connectivity index (χ4n) is 4.20. The van der Waals surface area contributed by atoms with Crippen LogP contribution in [0.1, 0.15) is 79.1 Å². The lowest BCUT2D eigenvalue weighted by atomic mass is 9.75. The minimum Gasteiger partial charge on any atom is -0.459 e. The van der Waals surface area contributed by atoms with Crippen LogP contribution in [0.3, 0.4) is 0 Å². The van der Waals surface area contributed by atoms with Gasteiger partial charge in [0.25, 0.3) is 0 Å². The SMILES string of the molecule is CCC1CCC(=CC(=O)O[C@@H]2C[C@H](C)CC[C@H]2C(C)C)CC1. The lowest BCUT2D eigenvalue weighted by Crippen LogP contribution is -2.35. The van der Waals surface area contributed by atoms with E-state index in [9.17, 15) is 4.79 Å². The summed E-state index contributed by atoms with van der Waals surface area (Å²) in [5.74, 6) is 2.58. The maximum atomic E-state index is 12.3. The minimum absolute atomic E-state index is 0.0882. The molecule has 2 aliphatic rings. The molecule has 0 unspecified atom stereocenters. The van der Waals surface area contributed by atoms with E-state index in [1.807, 2.05) is 6.08 Å². The van der Waals surface area contributed by atoms with Crippen molar-refractivity contribution < 1.29 is 9.53 Å². The summed E-state index contributed by atoms with van der Waals surface area (Å²) in [6.45, 7) is 9.06. The Hall–Kier alpha value is -0.790. The van der Waals surface area contributed by atoms with E-state index >= 15 is 0 Å². The molecule has 0 heterocycles. The molecule has 3 atom stereocenters. The first kappa shape index (κ1) is 17.6. The number of esters is 1. The van der Waals surface area contributed by atoms with Gasteiger partial charge in [-0.05, 0) is 62.2 Å². The van der Waals surface area contributed by atoms with Crippen LogP contribution in [-0.4, -0.2) is 12.1 Å². The van der Waals surface area contributed by atoms with Crippen molar-refractivity contribution in [2.75, 3.05) is 0 Å². The monoisotopic (exact) mass is 306 g/mol. The Bertz CT molecular complexity index is 387. The Morgan fingerprint density at radius 2 is 1.91 bits per heavy atom. The van der Waals surface area contributed by atoms with Crippen molar-refractivity contribution in [3.63, 3.8) is 0 Å². The molecule has 0 radical (unpaired) electrons. The van der Waals surface area contributed by atoms with Crippen molar-refractivity contribution in [1.29, 1.82) is 0 Å². The molecule has 0 aromatic rings. The van der Waals surface area contributed by atoms with E-state index < -0.39 is 0 Å². The van der Waals surface area contributed by atoms with Crippen LogP contribution in [-0.2, 0) is 9.53 Å². The van der Waals surface area contributed by atoms with Gasteiger partial charge >= 0.3 is 5.97 Å². The van der Waals surface area contributed by atoms with Crippen molar-refractivity contribution in [3.05, 3.63) is 11.6 Å². The number of carbonyl (C=O) groups excluding carboxylic acids is 1. The summed E-state index contributed by atoms with van der Waals surface area (Å²) in [5, 5.41) is 0. The maximum Gasteiger partial charge on any atom is 0.330 e. The highest BCUT2D eigenvalue weighted by Crippen LogP contribution is 2.36. The molecule has 2 heteroatoms. The number of rotatable bonds is 4. The first-order valence-corrected chi connectivity index (χ1v) is 9.39. The van der Waals surface area contributed by atoms with Gasteiger partial charge in [-0.2, -0.15) is 0 Å². The second-order valence-electron chi connectivity index (χ2n) is 7.96.